The van der Waals surface area contributed by atoms with E-state index >= 15 is 0 Å². The molecule has 2 rings (SSSR count). The second kappa shape index (κ2) is 13.9. The smallest absolute Gasteiger partial charge is 0.257 e. The van der Waals surface area contributed by atoms with E-state index in [-0.39, 0.29) is 18.4 Å². The maximum Gasteiger partial charge on any atom is 0.257 e. The van der Waals surface area contributed by atoms with Gasteiger partial charge in [-0.2, -0.15) is 0 Å². The molecule has 1 aromatic carbocycles. The number of hydrogen-bond donors (Lipinski definition) is 2. The molecule has 0 radical (unpaired) electrons. The first-order chi connectivity index (χ1) is 14.7. The van der Waals surface area contributed by atoms with Crippen LogP contribution in [0.2, 0.25) is 0 Å². The quantitative estimate of drug-likeness (QED) is 0.392. The van der Waals surface area contributed by atoms with E-state index in [4.69, 9.17) is 4.74 Å². The minimum absolute atomic E-state index is 0.00705. The van der Waals surface area contributed by atoms with Gasteiger partial charge < -0.3 is 15.4 Å². The number of carbonyl (C=O) groups excluding carboxylic acids is 2. The summed E-state index contributed by atoms with van der Waals surface area (Å²) in [5.41, 5.74) is 1.91. The molecule has 0 atom stereocenters. The Labute approximate surface area is 178 Å². The average Bonchev–Trinajstić information content (AvgIpc) is 2.77. The lowest BCUT2D eigenvalue weighted by atomic mass is 10.1. The molecule has 1 aromatic heterocycles. The number of aromatic nitrogens is 1. The normalized spacial score (nSPS) is 10.7. The molecular weight excluding hydrogens is 378 g/mol. The van der Waals surface area contributed by atoms with Gasteiger partial charge in [0.25, 0.3) is 5.91 Å². The molecule has 160 valence electrons. The van der Waals surface area contributed by atoms with Gasteiger partial charge in [-0.1, -0.05) is 44.4 Å². The maximum atomic E-state index is 11.9. The van der Waals surface area contributed by atoms with Crippen LogP contribution in [0.4, 0.5) is 0 Å². The third kappa shape index (κ3) is 9.87. The van der Waals surface area contributed by atoms with Crippen LogP contribution in [0.1, 0.15) is 43.7 Å². The molecule has 0 aliphatic carbocycles. The molecule has 2 N–H and O–H groups in total. The number of unbranched alkanes of at least 4 members (excludes halogenated alkanes) is 3. The lowest BCUT2D eigenvalue weighted by Crippen LogP contribution is -2.29. The summed E-state index contributed by atoms with van der Waals surface area (Å²) in [6.45, 7) is 3.37. The van der Waals surface area contributed by atoms with Crippen LogP contribution in [0.5, 0.6) is 5.75 Å². The Morgan fingerprint density at radius 2 is 1.97 bits per heavy atom. The zero-order valence-corrected chi connectivity index (χ0v) is 17.6. The Kier molecular flexibility index (Phi) is 10.7. The van der Waals surface area contributed by atoms with Crippen molar-refractivity contribution in [3.8, 4) is 5.75 Å². The van der Waals surface area contributed by atoms with Crippen LogP contribution < -0.4 is 15.4 Å². The molecule has 30 heavy (non-hydrogen) atoms. The van der Waals surface area contributed by atoms with E-state index in [0.717, 1.165) is 24.0 Å². The molecule has 0 aliphatic heterocycles. The first-order valence-electron chi connectivity index (χ1n) is 10.5. The van der Waals surface area contributed by atoms with Crippen LogP contribution in [0.15, 0.2) is 54.9 Å². The summed E-state index contributed by atoms with van der Waals surface area (Å²) in [4.78, 5) is 27.8. The van der Waals surface area contributed by atoms with Crippen molar-refractivity contribution in [3.63, 3.8) is 0 Å². The van der Waals surface area contributed by atoms with Crippen LogP contribution in [-0.2, 0) is 16.0 Å². The Bertz CT molecular complexity index is 806. The van der Waals surface area contributed by atoms with E-state index in [1.54, 1.807) is 18.5 Å². The Morgan fingerprint density at radius 1 is 1.07 bits per heavy atom. The lowest BCUT2D eigenvalue weighted by Gasteiger charge is -2.09. The van der Waals surface area contributed by atoms with Gasteiger partial charge >= 0.3 is 0 Å². The molecular formula is C24H31N3O3. The molecule has 2 amide bonds. The van der Waals surface area contributed by atoms with Crippen LogP contribution in [0, 0.1) is 0 Å². The van der Waals surface area contributed by atoms with Gasteiger partial charge in [0.15, 0.2) is 6.61 Å². The average molecular weight is 410 g/mol. The van der Waals surface area contributed by atoms with E-state index in [0.29, 0.717) is 25.3 Å². The van der Waals surface area contributed by atoms with Gasteiger partial charge in [0, 0.05) is 31.6 Å². The van der Waals surface area contributed by atoms with Crippen LogP contribution in [0.25, 0.3) is 6.08 Å². The van der Waals surface area contributed by atoms with E-state index in [1.807, 2.05) is 36.4 Å². The highest BCUT2D eigenvalue weighted by molar-refractivity contribution is 5.91. The Morgan fingerprint density at radius 3 is 2.77 bits per heavy atom. The standard InChI is InChI=1S/C24H31N3O3/c1-2-3-4-5-15-26-24(29)19-30-22-10-6-8-20(17-22)13-16-27-23(28)12-11-21-9-7-14-25-18-21/h6-12,14,17-18H,2-5,13,15-16,19H2,1H3,(H,26,29)(H,27,28)/b12-11+. The fourth-order valence-corrected chi connectivity index (χ4v) is 2.81. The number of nitrogens with zero attached hydrogens (tertiary/aromatic N) is 1. The van der Waals surface area contributed by atoms with Crippen LogP contribution in [0.3, 0.4) is 0 Å². The molecule has 0 saturated carbocycles. The summed E-state index contributed by atoms with van der Waals surface area (Å²) in [6.07, 6.45) is 11.8. The number of rotatable bonds is 13. The van der Waals surface area contributed by atoms with Gasteiger partial charge in [-0.25, -0.2) is 0 Å². The van der Waals surface area contributed by atoms with Crippen molar-refractivity contribution in [2.24, 2.45) is 0 Å². The number of carbonyl (C=O) groups is 2. The van der Waals surface area contributed by atoms with Crippen molar-refractivity contribution in [1.29, 1.82) is 0 Å². The highest BCUT2D eigenvalue weighted by Gasteiger charge is 2.04. The van der Waals surface area contributed by atoms with Crippen molar-refractivity contribution in [2.45, 2.75) is 39.0 Å². The minimum atomic E-state index is -0.151. The molecule has 0 saturated heterocycles. The first kappa shape index (κ1) is 23.1. The number of pyridine rings is 1. The molecule has 2 aromatic rings. The summed E-state index contributed by atoms with van der Waals surface area (Å²) in [5, 5.41) is 5.73. The Balaban J connectivity index is 1.66. The van der Waals surface area contributed by atoms with Crippen molar-refractivity contribution in [1.82, 2.24) is 15.6 Å². The summed E-state index contributed by atoms with van der Waals surface area (Å²) in [5.74, 6) is 0.392. The highest BCUT2D eigenvalue weighted by Crippen LogP contribution is 2.13. The van der Waals surface area contributed by atoms with E-state index in [9.17, 15) is 9.59 Å². The van der Waals surface area contributed by atoms with Gasteiger partial charge in [-0.05, 0) is 48.2 Å². The van der Waals surface area contributed by atoms with Gasteiger partial charge in [0.05, 0.1) is 0 Å². The molecule has 0 fully saturated rings. The summed E-state index contributed by atoms with van der Waals surface area (Å²) >= 11 is 0. The minimum Gasteiger partial charge on any atom is -0.484 e. The van der Waals surface area contributed by atoms with Gasteiger partial charge in [0.2, 0.25) is 5.91 Å². The predicted molar refractivity (Wildman–Crippen MR) is 119 cm³/mol. The molecule has 1 heterocycles. The summed E-state index contributed by atoms with van der Waals surface area (Å²) in [7, 11) is 0. The van der Waals surface area contributed by atoms with Gasteiger partial charge in [-0.3, -0.25) is 14.6 Å². The molecule has 0 aliphatic rings. The third-order valence-electron chi connectivity index (χ3n) is 4.45. The van der Waals surface area contributed by atoms with Gasteiger partial charge in [-0.15, -0.1) is 0 Å². The Hall–Kier alpha value is -3.15. The third-order valence-corrected chi connectivity index (χ3v) is 4.45. The monoisotopic (exact) mass is 409 g/mol. The van der Waals surface area contributed by atoms with E-state index in [2.05, 4.69) is 22.5 Å². The topological polar surface area (TPSA) is 80.3 Å². The van der Waals surface area contributed by atoms with Crippen LogP contribution >= 0.6 is 0 Å². The number of benzene rings is 1. The molecule has 0 bridgehead atoms. The highest BCUT2D eigenvalue weighted by atomic mass is 16.5. The number of amides is 2. The molecule has 6 heteroatoms. The molecule has 0 spiro atoms. The first-order valence-corrected chi connectivity index (χ1v) is 10.5. The molecule has 6 nitrogen and oxygen atoms in total. The number of hydrogen-bond acceptors (Lipinski definition) is 4. The van der Waals surface area contributed by atoms with Crippen molar-refractivity contribution in [3.05, 3.63) is 66.0 Å². The second-order valence-electron chi connectivity index (χ2n) is 7.01. The van der Waals surface area contributed by atoms with Crippen molar-refractivity contribution < 1.29 is 14.3 Å². The van der Waals surface area contributed by atoms with E-state index < -0.39 is 0 Å². The number of nitrogens with one attached hydrogen (secondary N) is 2. The fraction of sp³-hybridized carbons (Fsp3) is 0.375. The van der Waals surface area contributed by atoms with Crippen molar-refractivity contribution in [2.75, 3.05) is 19.7 Å². The fourth-order valence-electron chi connectivity index (χ4n) is 2.81. The summed E-state index contributed by atoms with van der Waals surface area (Å²) < 4.78 is 5.59. The lowest BCUT2D eigenvalue weighted by molar-refractivity contribution is -0.123. The second-order valence-corrected chi connectivity index (χ2v) is 7.01. The predicted octanol–water partition coefficient (Wildman–Crippen LogP) is 3.53. The maximum absolute atomic E-state index is 11.9. The van der Waals surface area contributed by atoms with Gasteiger partial charge in [0.1, 0.15) is 5.75 Å². The zero-order valence-electron chi connectivity index (χ0n) is 17.6. The van der Waals surface area contributed by atoms with E-state index in [1.165, 1.54) is 18.9 Å². The van der Waals surface area contributed by atoms with Crippen molar-refractivity contribution >= 4 is 17.9 Å². The summed E-state index contributed by atoms with van der Waals surface area (Å²) in [6, 6.07) is 11.3. The zero-order chi connectivity index (χ0) is 21.4. The van der Waals surface area contributed by atoms with Crippen LogP contribution in [-0.4, -0.2) is 36.5 Å². The largest absolute Gasteiger partial charge is 0.484 e. The SMILES string of the molecule is CCCCCCNC(=O)COc1cccc(CCNC(=O)/C=C/c2cccnc2)c1. The number of ether oxygens (including phenoxy) is 1. The molecule has 0 unspecified atom stereocenters.